The lowest BCUT2D eigenvalue weighted by Crippen LogP contribution is -3.15. The maximum atomic E-state index is 13.4. The van der Waals surface area contributed by atoms with Crippen LogP contribution in [0.5, 0.6) is 0 Å². The van der Waals surface area contributed by atoms with Gasteiger partial charge in [0.2, 0.25) is 5.78 Å². The van der Waals surface area contributed by atoms with Crippen molar-refractivity contribution in [2.45, 2.75) is 39.8 Å². The van der Waals surface area contributed by atoms with Crippen molar-refractivity contribution in [3.05, 3.63) is 58.9 Å². The standard InChI is InChI=1S/C22H24N4O2S/c1-4-11-26(13-19-24-25-22(28-19)18-10-7-12-29-18)15(3)21(27)20-14(2)23-17-9-6-5-8-16(17)20/h5-10,12,15,23H,4,11,13H2,1-3H3/p+1/t15-/m0/s1. The van der Waals surface area contributed by atoms with E-state index in [9.17, 15) is 4.79 Å². The summed E-state index contributed by atoms with van der Waals surface area (Å²) in [4.78, 5) is 18.9. The van der Waals surface area contributed by atoms with Crippen LogP contribution in [0.3, 0.4) is 0 Å². The number of Topliss-reactive ketones (excluding diaryl/α,β-unsaturated/α-hetero) is 1. The fourth-order valence-corrected chi connectivity index (χ4v) is 4.44. The summed E-state index contributed by atoms with van der Waals surface area (Å²) in [7, 11) is 0. The van der Waals surface area contributed by atoms with Gasteiger partial charge in [-0.2, -0.15) is 0 Å². The van der Waals surface area contributed by atoms with Crippen LogP contribution in [-0.4, -0.2) is 33.6 Å². The van der Waals surface area contributed by atoms with E-state index in [0.29, 0.717) is 18.3 Å². The third-order valence-electron chi connectivity index (χ3n) is 5.29. The first-order valence-electron chi connectivity index (χ1n) is 9.90. The van der Waals surface area contributed by atoms with Crippen molar-refractivity contribution in [2.24, 2.45) is 0 Å². The Balaban J connectivity index is 1.58. The van der Waals surface area contributed by atoms with Crippen molar-refractivity contribution in [1.82, 2.24) is 15.2 Å². The van der Waals surface area contributed by atoms with E-state index in [1.54, 1.807) is 11.3 Å². The molecule has 150 valence electrons. The number of H-pyrrole nitrogens is 1. The van der Waals surface area contributed by atoms with Crippen molar-refractivity contribution in [1.29, 1.82) is 0 Å². The van der Waals surface area contributed by atoms with Gasteiger partial charge in [0.1, 0.15) is 6.04 Å². The Kier molecular flexibility index (Phi) is 5.60. The summed E-state index contributed by atoms with van der Waals surface area (Å²) in [6, 6.07) is 11.7. The first kappa shape index (κ1) is 19.5. The van der Waals surface area contributed by atoms with Gasteiger partial charge < -0.3 is 14.3 Å². The molecule has 0 aliphatic carbocycles. The Morgan fingerprint density at radius 1 is 1.24 bits per heavy atom. The highest BCUT2D eigenvalue weighted by Crippen LogP contribution is 2.24. The van der Waals surface area contributed by atoms with Crippen LogP contribution in [-0.2, 0) is 6.54 Å². The predicted molar refractivity (Wildman–Crippen MR) is 114 cm³/mol. The Morgan fingerprint density at radius 2 is 2.07 bits per heavy atom. The van der Waals surface area contributed by atoms with Crippen LogP contribution < -0.4 is 4.90 Å². The number of rotatable bonds is 8. The number of aromatic amines is 1. The van der Waals surface area contributed by atoms with Gasteiger partial charge in [-0.1, -0.05) is 31.2 Å². The molecule has 0 spiro atoms. The van der Waals surface area contributed by atoms with Gasteiger partial charge in [-0.05, 0) is 37.8 Å². The molecule has 2 N–H and O–H groups in total. The first-order chi connectivity index (χ1) is 14.1. The molecule has 4 rings (SSSR count). The second-order valence-electron chi connectivity index (χ2n) is 7.32. The quantitative estimate of drug-likeness (QED) is 0.436. The molecule has 0 aliphatic heterocycles. The molecule has 0 bridgehead atoms. The molecule has 0 radical (unpaired) electrons. The van der Waals surface area contributed by atoms with Crippen LogP contribution >= 0.6 is 11.3 Å². The fraction of sp³-hybridized carbons (Fsp3) is 0.318. The van der Waals surface area contributed by atoms with E-state index in [-0.39, 0.29) is 11.8 Å². The van der Waals surface area contributed by atoms with E-state index in [1.807, 2.05) is 55.6 Å². The van der Waals surface area contributed by atoms with Gasteiger partial charge >= 0.3 is 0 Å². The molecule has 3 aromatic heterocycles. The highest BCUT2D eigenvalue weighted by molar-refractivity contribution is 7.13. The molecular formula is C22H25N4O2S+. The second-order valence-corrected chi connectivity index (χ2v) is 8.27. The molecule has 0 saturated carbocycles. The lowest BCUT2D eigenvalue weighted by molar-refractivity contribution is -0.928. The SMILES string of the molecule is CCC[NH+](Cc1nnc(-c2cccs2)o1)[C@@H](C)C(=O)c1c(C)[nH]c2ccccc12. The second kappa shape index (κ2) is 8.31. The van der Waals surface area contributed by atoms with Crippen molar-refractivity contribution in [2.75, 3.05) is 6.54 Å². The van der Waals surface area contributed by atoms with Gasteiger partial charge in [-0.15, -0.1) is 21.5 Å². The van der Waals surface area contributed by atoms with Gasteiger partial charge in [-0.3, -0.25) is 4.79 Å². The number of quaternary nitrogens is 1. The summed E-state index contributed by atoms with van der Waals surface area (Å²) in [6.07, 6.45) is 0.964. The number of hydrogen-bond donors (Lipinski definition) is 2. The summed E-state index contributed by atoms with van der Waals surface area (Å²) < 4.78 is 5.87. The molecule has 3 heterocycles. The first-order valence-corrected chi connectivity index (χ1v) is 10.8. The third-order valence-corrected chi connectivity index (χ3v) is 6.15. The maximum absolute atomic E-state index is 13.4. The molecule has 0 saturated heterocycles. The van der Waals surface area contributed by atoms with Crippen molar-refractivity contribution in [3.8, 4) is 10.8 Å². The number of aromatic nitrogens is 3. The van der Waals surface area contributed by atoms with Crippen LogP contribution in [0.25, 0.3) is 21.7 Å². The van der Waals surface area contributed by atoms with E-state index < -0.39 is 0 Å². The highest BCUT2D eigenvalue weighted by atomic mass is 32.1. The van der Waals surface area contributed by atoms with Gasteiger partial charge in [0.15, 0.2) is 6.54 Å². The lowest BCUT2D eigenvalue weighted by Gasteiger charge is -2.23. The molecular weight excluding hydrogens is 384 g/mol. The molecule has 0 aliphatic rings. The van der Waals surface area contributed by atoms with Gasteiger partial charge in [0.25, 0.3) is 11.8 Å². The van der Waals surface area contributed by atoms with Crippen molar-refractivity contribution < 1.29 is 14.1 Å². The van der Waals surface area contributed by atoms with Crippen molar-refractivity contribution >= 4 is 28.0 Å². The number of benzene rings is 1. The minimum atomic E-state index is -0.218. The monoisotopic (exact) mass is 409 g/mol. The third kappa shape index (κ3) is 3.88. The zero-order valence-electron chi connectivity index (χ0n) is 16.9. The van der Waals surface area contributed by atoms with E-state index in [4.69, 9.17) is 4.42 Å². The molecule has 2 atom stereocenters. The largest absolute Gasteiger partial charge is 0.414 e. The number of para-hydroxylation sites is 1. The van der Waals surface area contributed by atoms with E-state index in [1.165, 1.54) is 0 Å². The number of nitrogens with zero attached hydrogens (tertiary/aromatic N) is 2. The number of nitrogens with one attached hydrogen (secondary N) is 2. The average Bonchev–Trinajstić information content (AvgIpc) is 3.45. The molecule has 4 aromatic rings. The van der Waals surface area contributed by atoms with Crippen LogP contribution in [0.4, 0.5) is 0 Å². The van der Waals surface area contributed by atoms with Gasteiger partial charge in [0, 0.05) is 16.6 Å². The number of carbonyl (C=O) groups is 1. The maximum Gasteiger partial charge on any atom is 0.271 e. The summed E-state index contributed by atoms with van der Waals surface area (Å²) in [5.41, 5.74) is 2.69. The summed E-state index contributed by atoms with van der Waals surface area (Å²) in [5, 5.41) is 11.4. The van der Waals surface area contributed by atoms with Crippen LogP contribution in [0.15, 0.2) is 46.2 Å². The Bertz CT molecular complexity index is 1110. The lowest BCUT2D eigenvalue weighted by atomic mass is 10.0. The number of carbonyl (C=O) groups excluding carboxylic acids is 1. The zero-order chi connectivity index (χ0) is 20.4. The van der Waals surface area contributed by atoms with Crippen LogP contribution in [0, 0.1) is 6.92 Å². The highest BCUT2D eigenvalue weighted by Gasteiger charge is 2.30. The number of hydrogen-bond acceptors (Lipinski definition) is 5. The average molecular weight is 410 g/mol. The number of thiophene rings is 1. The molecule has 29 heavy (non-hydrogen) atoms. The number of aryl methyl sites for hydroxylation is 1. The topological polar surface area (TPSA) is 76.2 Å². The van der Waals surface area contributed by atoms with Crippen LogP contribution in [0.2, 0.25) is 0 Å². The zero-order valence-corrected chi connectivity index (χ0v) is 17.7. The number of ketones is 1. The summed E-state index contributed by atoms with van der Waals surface area (Å²) >= 11 is 1.57. The summed E-state index contributed by atoms with van der Waals surface area (Å²) in [5.74, 6) is 1.24. The van der Waals surface area contributed by atoms with E-state index >= 15 is 0 Å². The normalized spacial score (nSPS) is 13.6. The van der Waals surface area contributed by atoms with Gasteiger partial charge in [-0.25, -0.2) is 0 Å². The van der Waals surface area contributed by atoms with Crippen molar-refractivity contribution in [3.63, 3.8) is 0 Å². The predicted octanol–water partition coefficient (Wildman–Crippen LogP) is 3.65. The molecule has 7 heteroatoms. The summed E-state index contributed by atoms with van der Waals surface area (Å²) in [6.45, 7) is 7.46. The van der Waals surface area contributed by atoms with Crippen LogP contribution in [0.1, 0.15) is 42.2 Å². The molecule has 6 nitrogen and oxygen atoms in total. The molecule has 0 amide bonds. The molecule has 1 unspecified atom stereocenters. The Morgan fingerprint density at radius 3 is 2.83 bits per heavy atom. The van der Waals surface area contributed by atoms with E-state index in [2.05, 4.69) is 22.1 Å². The smallest absolute Gasteiger partial charge is 0.271 e. The minimum absolute atomic E-state index is 0.140. The molecule has 0 fully saturated rings. The number of fused-ring (bicyclic) bond motifs is 1. The minimum Gasteiger partial charge on any atom is -0.414 e. The Labute approximate surface area is 173 Å². The fourth-order valence-electron chi connectivity index (χ4n) is 3.79. The Hall–Kier alpha value is -2.77. The van der Waals surface area contributed by atoms with Gasteiger partial charge in [0.05, 0.1) is 17.0 Å². The van der Waals surface area contributed by atoms with E-state index in [0.717, 1.165) is 44.9 Å². The molecule has 1 aromatic carbocycles.